The number of nitrogens with zero attached hydrogens (tertiary/aromatic N) is 2. The van der Waals surface area contributed by atoms with Gasteiger partial charge < -0.3 is 20.5 Å². The van der Waals surface area contributed by atoms with Crippen LogP contribution in [0.15, 0.2) is 42.7 Å². The summed E-state index contributed by atoms with van der Waals surface area (Å²) >= 11 is 0. The number of halogens is 1. The van der Waals surface area contributed by atoms with Gasteiger partial charge in [0.15, 0.2) is 11.8 Å². The molecule has 28 heavy (non-hydrogen) atoms. The summed E-state index contributed by atoms with van der Waals surface area (Å²) in [7, 11) is 0. The van der Waals surface area contributed by atoms with Crippen LogP contribution in [0.3, 0.4) is 0 Å². The first kappa shape index (κ1) is 19.6. The van der Waals surface area contributed by atoms with Crippen molar-refractivity contribution < 1.29 is 19.0 Å². The Labute approximate surface area is 161 Å². The zero-order chi connectivity index (χ0) is 20.1. The molecule has 1 fully saturated rings. The van der Waals surface area contributed by atoms with Gasteiger partial charge in [0.25, 0.3) is 0 Å². The lowest BCUT2D eigenvalue weighted by Crippen LogP contribution is -2.43. The second-order valence-electron chi connectivity index (χ2n) is 6.63. The number of aromatic nitrogens is 1. The van der Waals surface area contributed by atoms with Crippen molar-refractivity contribution in [3.8, 4) is 0 Å². The molecule has 1 aliphatic rings. The number of aliphatic hydroxyl groups is 1. The monoisotopic (exact) mass is 387 g/mol. The Morgan fingerprint density at radius 1 is 1.36 bits per heavy atom. The van der Waals surface area contributed by atoms with Crippen LogP contribution in [-0.4, -0.2) is 35.2 Å². The maximum Gasteiger partial charge on any atom is 0.414 e. The minimum atomic E-state index is -0.979. The number of anilines is 1. The number of nitrogens with two attached hydrogens (primary N) is 1. The Morgan fingerprint density at radius 2 is 2.11 bits per heavy atom. The standard InChI is InChI=1S/C19H22FN5O3/c20-16-13(12-28-18(26)24-17(21)22)3-1-5-15(16)25-9-6-19(27,7-10-25)14-4-2-8-23-11-14/h1-5,8,11,27H,6-7,9-10,12H2,(H4,21,22,24,26). The van der Waals surface area contributed by atoms with Gasteiger partial charge in [0, 0.05) is 36.6 Å². The minimum Gasteiger partial charge on any atom is -0.444 e. The predicted molar refractivity (Wildman–Crippen MR) is 101 cm³/mol. The number of hydrogen-bond acceptors (Lipinski definition) is 6. The fourth-order valence-corrected chi connectivity index (χ4v) is 3.26. The molecule has 2 heterocycles. The van der Waals surface area contributed by atoms with Crippen LogP contribution in [0.25, 0.3) is 0 Å². The number of nitrogens with one attached hydrogen (secondary N) is 2. The fourth-order valence-electron chi connectivity index (χ4n) is 3.26. The van der Waals surface area contributed by atoms with Crippen molar-refractivity contribution in [3.63, 3.8) is 0 Å². The Bertz CT molecular complexity index is 854. The molecule has 2 aromatic rings. The van der Waals surface area contributed by atoms with Crippen LogP contribution in [0.1, 0.15) is 24.0 Å². The van der Waals surface area contributed by atoms with Gasteiger partial charge in [-0.2, -0.15) is 0 Å². The predicted octanol–water partition coefficient (Wildman–Crippen LogP) is 1.83. The summed E-state index contributed by atoms with van der Waals surface area (Å²) in [4.78, 5) is 17.3. The van der Waals surface area contributed by atoms with Crippen LogP contribution >= 0.6 is 0 Å². The van der Waals surface area contributed by atoms with Gasteiger partial charge in [-0.1, -0.05) is 18.2 Å². The Morgan fingerprint density at radius 3 is 2.75 bits per heavy atom. The summed E-state index contributed by atoms with van der Waals surface area (Å²) in [6.45, 7) is 0.654. The van der Waals surface area contributed by atoms with Crippen LogP contribution in [0.4, 0.5) is 14.9 Å². The lowest BCUT2D eigenvalue weighted by molar-refractivity contribution is 0.0113. The SMILES string of the molecule is N=C(N)NC(=O)OCc1cccc(N2CCC(O)(c3cccnc3)CC2)c1F. The maximum absolute atomic E-state index is 14.9. The molecule has 1 aromatic heterocycles. The topological polar surface area (TPSA) is 125 Å². The number of amides is 1. The zero-order valence-corrected chi connectivity index (χ0v) is 15.2. The van der Waals surface area contributed by atoms with Crippen molar-refractivity contribution in [3.05, 3.63) is 59.7 Å². The number of benzene rings is 1. The van der Waals surface area contributed by atoms with Crippen LogP contribution in [0, 0.1) is 11.2 Å². The number of pyridine rings is 1. The first-order valence-electron chi connectivity index (χ1n) is 8.82. The number of carbonyl (C=O) groups excluding carboxylic acids is 1. The number of rotatable bonds is 4. The largest absolute Gasteiger partial charge is 0.444 e. The average molecular weight is 387 g/mol. The van der Waals surface area contributed by atoms with Crippen molar-refractivity contribution in [2.45, 2.75) is 25.0 Å². The summed E-state index contributed by atoms with van der Waals surface area (Å²) < 4.78 is 19.8. The first-order chi connectivity index (χ1) is 13.4. The first-order valence-corrected chi connectivity index (χ1v) is 8.82. The smallest absolute Gasteiger partial charge is 0.414 e. The molecule has 148 valence electrons. The molecule has 0 aliphatic carbocycles. The number of hydrogen-bond donors (Lipinski definition) is 4. The summed E-state index contributed by atoms with van der Waals surface area (Å²) in [5, 5.41) is 19.8. The number of guanidine groups is 1. The molecule has 9 heteroatoms. The molecule has 1 aromatic carbocycles. The second kappa shape index (κ2) is 8.22. The van der Waals surface area contributed by atoms with Crippen molar-refractivity contribution in [1.29, 1.82) is 5.41 Å². The normalized spacial score (nSPS) is 15.7. The van der Waals surface area contributed by atoms with E-state index in [2.05, 4.69) is 4.98 Å². The molecule has 0 saturated carbocycles. The van der Waals surface area contributed by atoms with Gasteiger partial charge in [0.1, 0.15) is 6.61 Å². The number of carbonyl (C=O) groups is 1. The lowest BCUT2D eigenvalue weighted by Gasteiger charge is -2.39. The maximum atomic E-state index is 14.9. The van der Waals surface area contributed by atoms with E-state index in [4.69, 9.17) is 15.9 Å². The highest BCUT2D eigenvalue weighted by molar-refractivity contribution is 5.90. The van der Waals surface area contributed by atoms with Crippen molar-refractivity contribution in [1.82, 2.24) is 10.3 Å². The van der Waals surface area contributed by atoms with E-state index in [9.17, 15) is 14.3 Å². The van der Waals surface area contributed by atoms with E-state index in [0.29, 0.717) is 31.6 Å². The van der Waals surface area contributed by atoms with E-state index in [1.54, 1.807) is 30.6 Å². The Kier molecular flexibility index (Phi) is 5.74. The number of ether oxygens (including phenoxy) is 1. The van der Waals surface area contributed by atoms with Crippen molar-refractivity contribution >= 4 is 17.7 Å². The van der Waals surface area contributed by atoms with Gasteiger partial charge in [0.05, 0.1) is 11.3 Å². The van der Waals surface area contributed by atoms with Crippen molar-refractivity contribution in [2.24, 2.45) is 5.73 Å². The van der Waals surface area contributed by atoms with E-state index < -0.39 is 23.5 Å². The molecule has 0 radical (unpaired) electrons. The molecule has 5 N–H and O–H groups in total. The third-order valence-corrected chi connectivity index (χ3v) is 4.78. The molecular formula is C19H22FN5O3. The highest BCUT2D eigenvalue weighted by Crippen LogP contribution is 2.35. The number of piperidine rings is 1. The van der Waals surface area contributed by atoms with Crippen LogP contribution in [0.2, 0.25) is 0 Å². The zero-order valence-electron chi connectivity index (χ0n) is 15.2. The van der Waals surface area contributed by atoms with E-state index in [1.165, 1.54) is 6.07 Å². The third-order valence-electron chi connectivity index (χ3n) is 4.78. The molecule has 8 nitrogen and oxygen atoms in total. The van der Waals surface area contributed by atoms with Gasteiger partial charge in [-0.25, -0.2) is 9.18 Å². The summed E-state index contributed by atoms with van der Waals surface area (Å²) in [6, 6.07) is 8.49. The molecule has 1 aliphatic heterocycles. The lowest BCUT2D eigenvalue weighted by atomic mass is 9.85. The van der Waals surface area contributed by atoms with Gasteiger partial charge in [0.2, 0.25) is 0 Å². The third kappa shape index (κ3) is 4.37. The highest BCUT2D eigenvalue weighted by atomic mass is 19.1. The summed E-state index contributed by atoms with van der Waals surface area (Å²) in [6.07, 6.45) is 3.28. The minimum absolute atomic E-state index is 0.212. The molecule has 3 rings (SSSR count). The van der Waals surface area contributed by atoms with E-state index in [1.807, 2.05) is 16.3 Å². The van der Waals surface area contributed by atoms with Crippen LogP contribution in [-0.2, 0) is 16.9 Å². The molecule has 0 atom stereocenters. The Hall–Kier alpha value is -3.20. The van der Waals surface area contributed by atoms with Gasteiger partial charge in [-0.05, 0) is 25.0 Å². The van der Waals surface area contributed by atoms with E-state index >= 15 is 0 Å². The molecule has 1 saturated heterocycles. The molecule has 0 bridgehead atoms. The number of alkyl carbamates (subject to hydrolysis) is 1. The summed E-state index contributed by atoms with van der Waals surface area (Å²) in [5.41, 5.74) is 5.43. The van der Waals surface area contributed by atoms with Crippen molar-refractivity contribution in [2.75, 3.05) is 18.0 Å². The van der Waals surface area contributed by atoms with E-state index in [-0.39, 0.29) is 12.2 Å². The fraction of sp³-hybridized carbons (Fsp3) is 0.316. The van der Waals surface area contributed by atoms with Gasteiger partial charge >= 0.3 is 6.09 Å². The van der Waals surface area contributed by atoms with Gasteiger partial charge in [-0.3, -0.25) is 15.7 Å². The van der Waals surface area contributed by atoms with Crippen LogP contribution in [0.5, 0.6) is 0 Å². The van der Waals surface area contributed by atoms with E-state index in [0.717, 1.165) is 5.56 Å². The molecule has 0 spiro atoms. The second-order valence-corrected chi connectivity index (χ2v) is 6.63. The quantitative estimate of drug-likeness (QED) is 0.469. The average Bonchev–Trinajstić information content (AvgIpc) is 2.68. The van der Waals surface area contributed by atoms with Crippen LogP contribution < -0.4 is 16.0 Å². The van der Waals surface area contributed by atoms with Gasteiger partial charge in [-0.15, -0.1) is 0 Å². The summed E-state index contributed by atoms with van der Waals surface area (Å²) in [5.74, 6) is -1.03. The molecule has 0 unspecified atom stereocenters. The molecule has 1 amide bonds. The highest BCUT2D eigenvalue weighted by Gasteiger charge is 2.35. The molecular weight excluding hydrogens is 365 g/mol. The Balaban J connectivity index is 1.67.